The molecule has 0 bridgehead atoms. The zero-order valence-corrected chi connectivity index (χ0v) is 13.7. The molecule has 0 atom stereocenters. The summed E-state index contributed by atoms with van der Waals surface area (Å²) in [7, 11) is 0. The van der Waals surface area contributed by atoms with Gasteiger partial charge in [-0.3, -0.25) is 0 Å². The van der Waals surface area contributed by atoms with E-state index in [2.05, 4.69) is 73.7 Å². The molecule has 0 nitrogen and oxygen atoms in total. The fourth-order valence-electron chi connectivity index (χ4n) is 3.70. The van der Waals surface area contributed by atoms with Crippen molar-refractivity contribution in [2.75, 3.05) is 0 Å². The van der Waals surface area contributed by atoms with E-state index in [9.17, 15) is 0 Å². The summed E-state index contributed by atoms with van der Waals surface area (Å²) in [5.41, 5.74) is 9.99. The molecule has 0 heteroatoms. The Morgan fingerprint density at radius 1 is 0.783 bits per heavy atom. The lowest BCUT2D eigenvalue weighted by Crippen LogP contribution is -1.90. The molecule has 0 aliphatic heterocycles. The predicted molar refractivity (Wildman–Crippen MR) is 98.7 cm³/mol. The lowest BCUT2D eigenvalue weighted by atomic mass is 9.94. The minimum atomic E-state index is 1.06. The van der Waals surface area contributed by atoms with Gasteiger partial charge in [0, 0.05) is 0 Å². The molecule has 3 aromatic rings. The largest absolute Gasteiger partial charge is 0.0654 e. The van der Waals surface area contributed by atoms with Crippen LogP contribution in [0.1, 0.15) is 36.5 Å². The zero-order chi connectivity index (χ0) is 15.6. The molecule has 0 heterocycles. The van der Waals surface area contributed by atoms with Gasteiger partial charge in [0.15, 0.2) is 0 Å². The summed E-state index contributed by atoms with van der Waals surface area (Å²) in [5.74, 6) is 0. The predicted octanol–water partition coefficient (Wildman–Crippen LogP) is 6.27. The van der Waals surface area contributed by atoms with Crippen molar-refractivity contribution in [2.24, 2.45) is 0 Å². The van der Waals surface area contributed by atoms with E-state index in [4.69, 9.17) is 0 Å². The molecule has 0 N–H and O–H groups in total. The highest BCUT2D eigenvalue weighted by atomic mass is 14.2. The summed E-state index contributed by atoms with van der Waals surface area (Å²) in [4.78, 5) is 0. The van der Waals surface area contributed by atoms with Crippen molar-refractivity contribution in [2.45, 2.75) is 32.6 Å². The Morgan fingerprint density at radius 2 is 1.57 bits per heavy atom. The van der Waals surface area contributed by atoms with Crippen molar-refractivity contribution >= 4 is 0 Å². The fraction of sp³-hybridized carbons (Fsp3) is 0.217. The van der Waals surface area contributed by atoms with Crippen LogP contribution >= 0.6 is 0 Å². The zero-order valence-electron chi connectivity index (χ0n) is 13.7. The summed E-state index contributed by atoms with van der Waals surface area (Å²) in [6.45, 7) is 2.26. The molecule has 0 aromatic heterocycles. The average molecular weight is 298 g/mol. The average Bonchev–Trinajstić information content (AvgIpc) is 2.99. The molecule has 114 valence electrons. The lowest BCUT2D eigenvalue weighted by Gasteiger charge is -2.10. The normalized spacial score (nSPS) is 12.0. The van der Waals surface area contributed by atoms with Crippen molar-refractivity contribution in [1.29, 1.82) is 0 Å². The van der Waals surface area contributed by atoms with Crippen LogP contribution < -0.4 is 0 Å². The third-order valence-electron chi connectivity index (χ3n) is 4.91. The number of hydrogen-bond donors (Lipinski definition) is 0. The van der Waals surface area contributed by atoms with Gasteiger partial charge in [-0.2, -0.15) is 0 Å². The van der Waals surface area contributed by atoms with Crippen LogP contribution in [0.4, 0.5) is 0 Å². The smallest absolute Gasteiger partial charge is 0.000729 e. The lowest BCUT2D eigenvalue weighted by molar-refractivity contribution is 0.795. The monoisotopic (exact) mass is 298 g/mol. The van der Waals surface area contributed by atoms with Gasteiger partial charge in [0.2, 0.25) is 0 Å². The Hall–Kier alpha value is -2.34. The second kappa shape index (κ2) is 6.04. The van der Waals surface area contributed by atoms with Crippen molar-refractivity contribution in [3.8, 4) is 22.3 Å². The summed E-state index contributed by atoms with van der Waals surface area (Å²) in [5, 5.41) is 0. The third kappa shape index (κ3) is 2.59. The number of rotatable bonds is 4. The molecule has 0 radical (unpaired) electrons. The van der Waals surface area contributed by atoms with Crippen LogP contribution in [0.3, 0.4) is 0 Å². The first-order chi connectivity index (χ1) is 11.4. The van der Waals surface area contributed by atoms with Crippen LogP contribution in [0.2, 0.25) is 0 Å². The third-order valence-corrected chi connectivity index (χ3v) is 4.91. The molecule has 1 aliphatic carbocycles. The molecule has 0 saturated heterocycles. The van der Waals surface area contributed by atoms with Crippen molar-refractivity contribution in [3.63, 3.8) is 0 Å². The Kier molecular flexibility index (Phi) is 3.75. The van der Waals surface area contributed by atoms with Gasteiger partial charge in [-0.25, -0.2) is 0 Å². The van der Waals surface area contributed by atoms with Crippen LogP contribution in [0.25, 0.3) is 22.3 Å². The first kappa shape index (κ1) is 14.3. The van der Waals surface area contributed by atoms with E-state index in [-0.39, 0.29) is 0 Å². The van der Waals surface area contributed by atoms with Gasteiger partial charge in [0.05, 0.1) is 0 Å². The van der Waals surface area contributed by atoms with Crippen molar-refractivity contribution in [1.82, 2.24) is 0 Å². The number of unbranched alkanes of at least 4 members (excludes halogenated alkanes) is 1. The van der Waals surface area contributed by atoms with E-state index in [0.717, 1.165) is 6.42 Å². The van der Waals surface area contributed by atoms with Gasteiger partial charge < -0.3 is 0 Å². The molecule has 23 heavy (non-hydrogen) atoms. The minimum absolute atomic E-state index is 1.06. The molecule has 0 unspecified atom stereocenters. The van der Waals surface area contributed by atoms with E-state index in [1.807, 2.05) is 0 Å². The van der Waals surface area contributed by atoms with Gasteiger partial charge in [-0.05, 0) is 58.2 Å². The van der Waals surface area contributed by atoms with E-state index in [1.54, 1.807) is 0 Å². The van der Waals surface area contributed by atoms with E-state index in [0.29, 0.717) is 0 Å². The molecule has 0 amide bonds. The Morgan fingerprint density at radius 3 is 2.48 bits per heavy atom. The maximum Gasteiger partial charge on any atom is -0.000729 e. The van der Waals surface area contributed by atoms with Crippen molar-refractivity contribution in [3.05, 3.63) is 83.4 Å². The molecule has 0 spiro atoms. The minimum Gasteiger partial charge on any atom is -0.0654 e. The first-order valence-electron chi connectivity index (χ1n) is 8.66. The molecular weight excluding hydrogens is 276 g/mol. The van der Waals surface area contributed by atoms with Crippen LogP contribution in [0.15, 0.2) is 66.7 Å². The maximum absolute atomic E-state index is 2.38. The van der Waals surface area contributed by atoms with Crippen LogP contribution in [-0.2, 0) is 12.8 Å². The van der Waals surface area contributed by atoms with Gasteiger partial charge >= 0.3 is 0 Å². The number of benzene rings is 3. The van der Waals surface area contributed by atoms with E-state index >= 15 is 0 Å². The highest BCUT2D eigenvalue weighted by Gasteiger charge is 2.20. The van der Waals surface area contributed by atoms with Gasteiger partial charge in [-0.15, -0.1) is 0 Å². The standard InChI is InChI=1S/C23H22/c1-2-3-8-17-9-6-11-18(15-17)21-13-7-14-22-20-12-5-4-10-19(20)16-23(21)22/h4-7,9-15H,2-3,8,16H2,1H3. The topological polar surface area (TPSA) is 0 Å². The number of hydrogen-bond acceptors (Lipinski definition) is 0. The highest BCUT2D eigenvalue weighted by molar-refractivity contribution is 5.84. The first-order valence-corrected chi connectivity index (χ1v) is 8.66. The summed E-state index contributed by atoms with van der Waals surface area (Å²) < 4.78 is 0. The van der Waals surface area contributed by atoms with Gasteiger partial charge in [-0.1, -0.05) is 80.1 Å². The van der Waals surface area contributed by atoms with Crippen LogP contribution in [-0.4, -0.2) is 0 Å². The Bertz CT molecular complexity index is 842. The maximum atomic E-state index is 2.38. The van der Waals surface area contributed by atoms with Crippen LogP contribution in [0, 0.1) is 0 Å². The van der Waals surface area contributed by atoms with Gasteiger partial charge in [0.1, 0.15) is 0 Å². The molecule has 4 rings (SSSR count). The Labute approximate surface area is 138 Å². The second-order valence-corrected chi connectivity index (χ2v) is 6.47. The molecular formula is C23H22. The summed E-state index contributed by atoms with van der Waals surface area (Å²) in [6.07, 6.45) is 4.75. The SMILES string of the molecule is CCCCc1cccc(-c2cccc3c2Cc2ccccc2-3)c1. The van der Waals surface area contributed by atoms with Gasteiger partial charge in [0.25, 0.3) is 0 Å². The van der Waals surface area contributed by atoms with E-state index < -0.39 is 0 Å². The summed E-state index contributed by atoms with van der Waals surface area (Å²) >= 11 is 0. The molecule has 0 fully saturated rings. The van der Waals surface area contributed by atoms with Crippen molar-refractivity contribution < 1.29 is 0 Å². The van der Waals surface area contributed by atoms with E-state index in [1.165, 1.54) is 58.2 Å². The fourth-order valence-corrected chi connectivity index (χ4v) is 3.70. The molecule has 0 saturated carbocycles. The quantitative estimate of drug-likeness (QED) is 0.416. The van der Waals surface area contributed by atoms with Crippen LogP contribution in [0.5, 0.6) is 0 Å². The molecule has 3 aromatic carbocycles. The molecule has 1 aliphatic rings. The number of fused-ring (bicyclic) bond motifs is 3. The Balaban J connectivity index is 1.77. The second-order valence-electron chi connectivity index (χ2n) is 6.47. The summed E-state index contributed by atoms with van der Waals surface area (Å²) in [6, 6.07) is 24.7. The number of aryl methyl sites for hydroxylation is 1. The highest BCUT2D eigenvalue weighted by Crippen LogP contribution is 2.41.